The molecular weight excluding hydrogens is 294 g/mol. The maximum absolute atomic E-state index is 12.2. The van der Waals surface area contributed by atoms with Crippen molar-refractivity contribution in [1.29, 1.82) is 0 Å². The maximum Gasteiger partial charge on any atom is 0.323 e. The molecule has 132 valence electrons. The molecule has 0 amide bonds. The van der Waals surface area contributed by atoms with Crippen molar-refractivity contribution in [2.24, 2.45) is 0 Å². The van der Waals surface area contributed by atoms with Crippen LogP contribution in [0.1, 0.15) is 77.6 Å². The lowest BCUT2D eigenvalue weighted by Crippen LogP contribution is -2.46. The molecule has 0 aromatic carbocycles. The lowest BCUT2D eigenvalue weighted by molar-refractivity contribution is -0.156. The predicted octanol–water partition coefficient (Wildman–Crippen LogP) is 3.11. The van der Waals surface area contributed by atoms with Crippen LogP contribution in [0, 0.1) is 0 Å². The van der Waals surface area contributed by atoms with Gasteiger partial charge < -0.3 is 14.8 Å². The molecule has 2 aliphatic rings. The average molecular weight is 325 g/mol. The normalized spacial score (nSPS) is 21.6. The third-order valence-corrected chi connectivity index (χ3v) is 4.83. The van der Waals surface area contributed by atoms with Gasteiger partial charge in [-0.25, -0.2) is 0 Å². The summed E-state index contributed by atoms with van der Waals surface area (Å²) in [5.41, 5.74) is 0. The first-order chi connectivity index (χ1) is 11.2. The Morgan fingerprint density at radius 2 is 1.61 bits per heavy atom. The second kappa shape index (κ2) is 9.91. The Morgan fingerprint density at radius 3 is 2.22 bits per heavy atom. The van der Waals surface area contributed by atoms with Crippen LogP contribution in [0.25, 0.3) is 0 Å². The van der Waals surface area contributed by atoms with Crippen LogP contribution in [-0.2, 0) is 19.1 Å². The third-order valence-electron chi connectivity index (χ3n) is 4.83. The third kappa shape index (κ3) is 6.50. The summed E-state index contributed by atoms with van der Waals surface area (Å²) in [5.74, 6) is -0.614. The first-order valence-corrected chi connectivity index (χ1v) is 9.31. The van der Waals surface area contributed by atoms with E-state index in [0.29, 0.717) is 12.6 Å². The molecule has 5 nitrogen and oxygen atoms in total. The summed E-state index contributed by atoms with van der Waals surface area (Å²) in [5, 5.41) is 3.33. The molecule has 0 spiro atoms. The van der Waals surface area contributed by atoms with Crippen LogP contribution < -0.4 is 5.32 Å². The summed E-state index contributed by atoms with van der Waals surface area (Å²) in [7, 11) is 0. The molecule has 23 heavy (non-hydrogen) atoms. The van der Waals surface area contributed by atoms with E-state index < -0.39 is 6.04 Å². The van der Waals surface area contributed by atoms with Crippen molar-refractivity contribution in [2.45, 2.75) is 95.7 Å². The van der Waals surface area contributed by atoms with Crippen molar-refractivity contribution in [3.8, 4) is 0 Å². The van der Waals surface area contributed by atoms with Gasteiger partial charge in [0.15, 0.2) is 0 Å². The number of carbonyl (C=O) groups is 2. The van der Waals surface area contributed by atoms with E-state index in [1.807, 2.05) is 0 Å². The average Bonchev–Trinajstić information content (AvgIpc) is 2.56. The minimum absolute atomic E-state index is 0.0359. The summed E-state index contributed by atoms with van der Waals surface area (Å²) in [6.07, 6.45) is 11.2. The van der Waals surface area contributed by atoms with Gasteiger partial charge in [0.2, 0.25) is 0 Å². The summed E-state index contributed by atoms with van der Waals surface area (Å²) < 4.78 is 10.7. The van der Waals surface area contributed by atoms with Crippen molar-refractivity contribution in [2.75, 3.05) is 6.61 Å². The molecule has 0 bridgehead atoms. The minimum Gasteiger partial charge on any atom is -0.465 e. The Balaban J connectivity index is 1.84. The second-order valence-electron chi connectivity index (χ2n) is 6.76. The van der Waals surface area contributed by atoms with Gasteiger partial charge in [0.25, 0.3) is 0 Å². The number of nitrogens with one attached hydrogen (secondary N) is 1. The predicted molar refractivity (Wildman–Crippen MR) is 88.0 cm³/mol. The fraction of sp³-hybridized carbons (Fsp3) is 0.889. The van der Waals surface area contributed by atoms with Gasteiger partial charge in [-0.1, -0.05) is 25.7 Å². The Hall–Kier alpha value is -1.10. The highest BCUT2D eigenvalue weighted by Gasteiger charge is 2.28. The zero-order valence-electron chi connectivity index (χ0n) is 14.4. The van der Waals surface area contributed by atoms with E-state index in [-0.39, 0.29) is 24.5 Å². The largest absolute Gasteiger partial charge is 0.465 e. The molecular formula is C18H31NO4. The number of esters is 2. The Labute approximate surface area is 139 Å². The zero-order chi connectivity index (χ0) is 16.5. The van der Waals surface area contributed by atoms with Crippen molar-refractivity contribution in [3.63, 3.8) is 0 Å². The van der Waals surface area contributed by atoms with Gasteiger partial charge in [-0.05, 0) is 45.4 Å². The van der Waals surface area contributed by atoms with E-state index in [1.54, 1.807) is 6.92 Å². The van der Waals surface area contributed by atoms with E-state index in [0.717, 1.165) is 38.5 Å². The molecule has 0 heterocycles. The van der Waals surface area contributed by atoms with Gasteiger partial charge in [0.1, 0.15) is 12.1 Å². The number of carbonyl (C=O) groups excluding carboxylic acids is 2. The molecule has 0 aliphatic heterocycles. The van der Waals surface area contributed by atoms with Crippen LogP contribution in [-0.4, -0.2) is 36.7 Å². The SMILES string of the molecule is CCOC(=O)C(CC(=O)OC1CCCCC1)NC1CCCCC1. The number of hydrogen-bond donors (Lipinski definition) is 1. The topological polar surface area (TPSA) is 64.6 Å². The van der Waals surface area contributed by atoms with Crippen molar-refractivity contribution < 1.29 is 19.1 Å². The molecule has 1 atom stereocenters. The summed E-state index contributed by atoms with van der Waals surface area (Å²) in [6, 6.07) is -0.269. The van der Waals surface area contributed by atoms with Crippen LogP contribution in [0.15, 0.2) is 0 Å². The fourth-order valence-electron chi connectivity index (χ4n) is 3.59. The van der Waals surface area contributed by atoms with Crippen LogP contribution in [0.4, 0.5) is 0 Å². The second-order valence-corrected chi connectivity index (χ2v) is 6.76. The maximum atomic E-state index is 12.2. The van der Waals surface area contributed by atoms with Crippen LogP contribution >= 0.6 is 0 Å². The molecule has 1 unspecified atom stereocenters. The van der Waals surface area contributed by atoms with Crippen LogP contribution in [0.3, 0.4) is 0 Å². The molecule has 0 aromatic heterocycles. The highest BCUT2D eigenvalue weighted by Crippen LogP contribution is 2.22. The molecule has 2 saturated carbocycles. The molecule has 0 aromatic rings. The van der Waals surface area contributed by atoms with Gasteiger partial charge >= 0.3 is 11.9 Å². The van der Waals surface area contributed by atoms with Crippen molar-refractivity contribution in [1.82, 2.24) is 5.32 Å². The molecule has 5 heteroatoms. The smallest absolute Gasteiger partial charge is 0.323 e. The van der Waals surface area contributed by atoms with E-state index in [1.165, 1.54) is 25.7 Å². The van der Waals surface area contributed by atoms with Crippen LogP contribution in [0.5, 0.6) is 0 Å². The fourth-order valence-corrected chi connectivity index (χ4v) is 3.59. The first kappa shape index (κ1) is 18.2. The lowest BCUT2D eigenvalue weighted by Gasteiger charge is -2.28. The van der Waals surface area contributed by atoms with E-state index in [4.69, 9.17) is 9.47 Å². The molecule has 0 saturated heterocycles. The quantitative estimate of drug-likeness (QED) is 0.729. The molecule has 2 fully saturated rings. The zero-order valence-corrected chi connectivity index (χ0v) is 14.4. The van der Waals surface area contributed by atoms with Crippen LogP contribution in [0.2, 0.25) is 0 Å². The highest BCUT2D eigenvalue weighted by atomic mass is 16.5. The Morgan fingerprint density at radius 1 is 1.00 bits per heavy atom. The minimum atomic E-state index is -0.575. The van der Waals surface area contributed by atoms with Gasteiger partial charge in [-0.15, -0.1) is 0 Å². The molecule has 2 aliphatic carbocycles. The van der Waals surface area contributed by atoms with Crippen molar-refractivity contribution >= 4 is 11.9 Å². The van der Waals surface area contributed by atoms with Gasteiger partial charge in [-0.3, -0.25) is 9.59 Å². The Bertz CT molecular complexity index is 373. The molecule has 1 N–H and O–H groups in total. The summed E-state index contributed by atoms with van der Waals surface area (Å²) in [4.78, 5) is 24.4. The first-order valence-electron chi connectivity index (χ1n) is 9.31. The summed E-state index contributed by atoms with van der Waals surface area (Å²) in [6.45, 7) is 2.12. The number of hydrogen-bond acceptors (Lipinski definition) is 5. The van der Waals surface area contributed by atoms with Gasteiger partial charge in [-0.2, -0.15) is 0 Å². The highest BCUT2D eigenvalue weighted by molar-refractivity contribution is 5.82. The Kier molecular flexibility index (Phi) is 7.86. The molecule has 2 rings (SSSR count). The number of rotatable bonds is 7. The van der Waals surface area contributed by atoms with E-state index in [2.05, 4.69) is 5.32 Å². The van der Waals surface area contributed by atoms with Gasteiger partial charge in [0, 0.05) is 6.04 Å². The van der Waals surface area contributed by atoms with Gasteiger partial charge in [0.05, 0.1) is 13.0 Å². The monoisotopic (exact) mass is 325 g/mol. The summed E-state index contributed by atoms with van der Waals surface area (Å²) >= 11 is 0. The lowest BCUT2D eigenvalue weighted by atomic mass is 9.94. The van der Waals surface area contributed by atoms with Crippen molar-refractivity contribution in [3.05, 3.63) is 0 Å². The van der Waals surface area contributed by atoms with E-state index >= 15 is 0 Å². The molecule has 0 radical (unpaired) electrons. The van der Waals surface area contributed by atoms with E-state index in [9.17, 15) is 9.59 Å². The standard InChI is InChI=1S/C18H31NO4/c1-2-22-18(21)16(19-14-9-5-3-6-10-14)13-17(20)23-15-11-7-4-8-12-15/h14-16,19H,2-13H2,1H3. The number of ether oxygens (including phenoxy) is 2.